The van der Waals surface area contributed by atoms with Gasteiger partial charge in [0.05, 0.1) is 4.90 Å². The van der Waals surface area contributed by atoms with Gasteiger partial charge in [0.25, 0.3) is 5.91 Å². The van der Waals surface area contributed by atoms with Crippen LogP contribution in [0, 0.1) is 24.7 Å². The van der Waals surface area contributed by atoms with Crippen molar-refractivity contribution in [3.63, 3.8) is 0 Å². The average molecular weight is 409 g/mol. The number of esters is 1. The third-order valence-corrected chi connectivity index (χ3v) is 7.75. The van der Waals surface area contributed by atoms with E-state index in [9.17, 15) is 18.0 Å². The molecule has 8 heteroatoms. The van der Waals surface area contributed by atoms with Gasteiger partial charge in [0, 0.05) is 26.2 Å². The first kappa shape index (κ1) is 20.8. The second kappa shape index (κ2) is 8.21. The van der Waals surface area contributed by atoms with Crippen molar-refractivity contribution < 1.29 is 22.7 Å². The molecule has 0 heterocycles. The van der Waals surface area contributed by atoms with Gasteiger partial charge in [-0.2, -0.15) is 0 Å². The Hall–Kier alpha value is -1.93. The molecular formula is C20H28N2O5S. The Morgan fingerprint density at radius 3 is 2.57 bits per heavy atom. The minimum atomic E-state index is -3.60. The monoisotopic (exact) mass is 408 g/mol. The van der Waals surface area contributed by atoms with E-state index in [1.54, 1.807) is 13.0 Å². The Labute approximate surface area is 166 Å². The van der Waals surface area contributed by atoms with E-state index in [2.05, 4.69) is 5.32 Å². The molecular weight excluding hydrogens is 380 g/mol. The van der Waals surface area contributed by atoms with Gasteiger partial charge < -0.3 is 10.1 Å². The van der Waals surface area contributed by atoms with Crippen LogP contribution < -0.4 is 5.32 Å². The molecule has 2 aliphatic rings. The Morgan fingerprint density at radius 2 is 1.96 bits per heavy atom. The van der Waals surface area contributed by atoms with Gasteiger partial charge in [-0.25, -0.2) is 12.7 Å². The molecule has 2 aliphatic carbocycles. The lowest BCUT2D eigenvalue weighted by molar-refractivity contribution is -0.148. The highest BCUT2D eigenvalue weighted by Gasteiger charge is 2.40. The molecule has 1 aromatic carbocycles. The number of hydrogen-bond donors (Lipinski definition) is 1. The highest BCUT2D eigenvalue weighted by atomic mass is 32.2. The highest BCUT2D eigenvalue weighted by Crippen LogP contribution is 2.49. The highest BCUT2D eigenvalue weighted by molar-refractivity contribution is 7.89. The van der Waals surface area contributed by atoms with E-state index < -0.39 is 15.9 Å². The van der Waals surface area contributed by atoms with Crippen molar-refractivity contribution >= 4 is 27.6 Å². The number of nitrogens with zero attached hydrogens (tertiary/aromatic N) is 1. The number of carbonyl (C=O) groups excluding carboxylic acids is 2. The first-order valence-corrected chi connectivity index (χ1v) is 11.1. The van der Waals surface area contributed by atoms with E-state index in [-0.39, 0.29) is 17.5 Å². The van der Waals surface area contributed by atoms with Crippen LogP contribution in [0.15, 0.2) is 23.1 Å². The molecule has 0 aliphatic heterocycles. The number of aryl methyl sites for hydroxylation is 1. The van der Waals surface area contributed by atoms with Gasteiger partial charge in [-0.1, -0.05) is 12.5 Å². The molecule has 2 fully saturated rings. The molecule has 2 saturated carbocycles. The maximum absolute atomic E-state index is 12.3. The zero-order valence-electron chi connectivity index (χ0n) is 16.6. The van der Waals surface area contributed by atoms with Crippen LogP contribution in [0.3, 0.4) is 0 Å². The molecule has 0 unspecified atom stereocenters. The summed E-state index contributed by atoms with van der Waals surface area (Å²) in [5.41, 5.74) is 1.11. The van der Waals surface area contributed by atoms with Crippen LogP contribution in [-0.4, -0.2) is 45.3 Å². The molecule has 0 radical (unpaired) electrons. The molecule has 154 valence electrons. The minimum absolute atomic E-state index is 0.0895. The van der Waals surface area contributed by atoms with Crippen LogP contribution in [-0.2, 0) is 24.3 Å². The number of carbonyl (C=O) groups is 2. The summed E-state index contributed by atoms with van der Waals surface area (Å²) in [6.45, 7) is 1.40. The second-order valence-electron chi connectivity index (χ2n) is 8.11. The third kappa shape index (κ3) is 4.55. The quantitative estimate of drug-likeness (QED) is 0.700. The minimum Gasteiger partial charge on any atom is -0.456 e. The Morgan fingerprint density at radius 1 is 1.21 bits per heavy atom. The van der Waals surface area contributed by atoms with E-state index in [1.807, 2.05) is 0 Å². The molecule has 0 spiro atoms. The normalized spacial score (nSPS) is 23.8. The summed E-state index contributed by atoms with van der Waals surface area (Å²) in [7, 11) is -0.704. The van der Waals surface area contributed by atoms with Crippen LogP contribution in [0.1, 0.15) is 37.7 Å². The topological polar surface area (TPSA) is 92.8 Å². The average Bonchev–Trinajstić information content (AvgIpc) is 3.24. The van der Waals surface area contributed by atoms with E-state index >= 15 is 0 Å². The van der Waals surface area contributed by atoms with Crippen LogP contribution in [0.4, 0.5) is 5.69 Å². The molecule has 0 saturated heterocycles. The lowest BCUT2D eigenvalue weighted by Crippen LogP contribution is -2.24. The fourth-order valence-electron chi connectivity index (χ4n) is 4.34. The lowest BCUT2D eigenvalue weighted by atomic mass is 9.86. The number of amides is 1. The first-order valence-electron chi connectivity index (χ1n) is 9.65. The summed E-state index contributed by atoms with van der Waals surface area (Å²) in [6, 6.07) is 4.54. The molecule has 3 rings (SSSR count). The fraction of sp³-hybridized carbons (Fsp3) is 0.600. The second-order valence-corrected chi connectivity index (χ2v) is 10.3. The van der Waals surface area contributed by atoms with Gasteiger partial charge in [0.2, 0.25) is 10.0 Å². The zero-order valence-corrected chi connectivity index (χ0v) is 17.4. The predicted octanol–water partition coefficient (Wildman–Crippen LogP) is 2.55. The largest absolute Gasteiger partial charge is 0.456 e. The molecule has 3 atom stereocenters. The van der Waals surface area contributed by atoms with E-state index in [0.717, 1.165) is 22.2 Å². The van der Waals surface area contributed by atoms with Crippen LogP contribution in [0.25, 0.3) is 0 Å². The number of fused-ring (bicyclic) bond motifs is 2. The molecule has 28 heavy (non-hydrogen) atoms. The molecule has 1 N–H and O–H groups in total. The van der Waals surface area contributed by atoms with Gasteiger partial charge in [0.1, 0.15) is 0 Å². The van der Waals surface area contributed by atoms with Gasteiger partial charge in [0.15, 0.2) is 6.61 Å². The Balaban J connectivity index is 1.54. The summed E-state index contributed by atoms with van der Waals surface area (Å²) >= 11 is 0. The van der Waals surface area contributed by atoms with E-state index in [1.165, 1.54) is 45.5 Å². The third-order valence-electron chi connectivity index (χ3n) is 5.94. The van der Waals surface area contributed by atoms with Gasteiger partial charge in [-0.05, 0) is 61.6 Å². The maximum Gasteiger partial charge on any atom is 0.306 e. The van der Waals surface area contributed by atoms with E-state index in [0.29, 0.717) is 23.9 Å². The van der Waals surface area contributed by atoms with Crippen molar-refractivity contribution in [2.24, 2.45) is 17.8 Å². The van der Waals surface area contributed by atoms with Gasteiger partial charge in [-0.3, -0.25) is 9.59 Å². The lowest BCUT2D eigenvalue weighted by Gasteiger charge is -2.20. The van der Waals surface area contributed by atoms with Crippen LogP contribution in [0.5, 0.6) is 0 Å². The van der Waals surface area contributed by atoms with Gasteiger partial charge >= 0.3 is 5.97 Å². The maximum atomic E-state index is 12.3. The Bertz CT molecular complexity index is 865. The molecule has 0 aromatic heterocycles. The Kier molecular flexibility index (Phi) is 6.09. The van der Waals surface area contributed by atoms with Gasteiger partial charge in [-0.15, -0.1) is 0 Å². The molecule has 2 bridgehead atoms. The summed E-state index contributed by atoms with van der Waals surface area (Å²) in [5, 5.41) is 2.64. The molecule has 7 nitrogen and oxygen atoms in total. The summed E-state index contributed by atoms with van der Waals surface area (Å²) in [4.78, 5) is 24.3. The van der Waals surface area contributed by atoms with Crippen molar-refractivity contribution in [1.29, 1.82) is 0 Å². The smallest absolute Gasteiger partial charge is 0.306 e. The van der Waals surface area contributed by atoms with Crippen LogP contribution >= 0.6 is 0 Å². The molecule has 1 aromatic rings. The number of anilines is 1. The number of sulfonamides is 1. The first-order chi connectivity index (χ1) is 13.2. The van der Waals surface area contributed by atoms with Crippen molar-refractivity contribution in [3.8, 4) is 0 Å². The van der Waals surface area contributed by atoms with Crippen molar-refractivity contribution in [1.82, 2.24) is 4.31 Å². The summed E-state index contributed by atoms with van der Waals surface area (Å²) in [5.74, 6) is 0.969. The molecule has 1 amide bonds. The summed E-state index contributed by atoms with van der Waals surface area (Å²) < 4.78 is 30.8. The standard InChI is InChI=1S/C20H28N2O5S/c1-13-4-7-17(28(25,26)22(2)3)11-18(13)21-19(23)12-27-20(24)10-16-9-14-5-6-15(16)8-14/h4,7,11,14-16H,5-6,8-10,12H2,1-3H3,(H,21,23)/t14-,15+,16+/m0/s1. The zero-order chi connectivity index (χ0) is 20.5. The number of ether oxygens (including phenoxy) is 1. The number of hydrogen-bond acceptors (Lipinski definition) is 5. The van der Waals surface area contributed by atoms with Crippen molar-refractivity contribution in [2.45, 2.75) is 43.9 Å². The fourth-order valence-corrected chi connectivity index (χ4v) is 5.27. The predicted molar refractivity (Wildman–Crippen MR) is 105 cm³/mol. The number of rotatable bonds is 7. The van der Waals surface area contributed by atoms with Crippen molar-refractivity contribution in [3.05, 3.63) is 23.8 Å². The van der Waals surface area contributed by atoms with Crippen LogP contribution in [0.2, 0.25) is 0 Å². The SMILES string of the molecule is Cc1ccc(S(=O)(=O)N(C)C)cc1NC(=O)COC(=O)C[C@H]1C[C@H]2CC[C@@H]1C2. The summed E-state index contributed by atoms with van der Waals surface area (Å²) in [6.07, 6.45) is 5.18. The number of nitrogens with one attached hydrogen (secondary N) is 1. The van der Waals surface area contributed by atoms with Crippen molar-refractivity contribution in [2.75, 3.05) is 26.0 Å². The van der Waals surface area contributed by atoms with E-state index in [4.69, 9.17) is 4.74 Å². The number of benzene rings is 1.